The Kier molecular flexibility index (Phi) is 3.74. The summed E-state index contributed by atoms with van der Waals surface area (Å²) in [6, 6.07) is 9.76. The van der Waals surface area contributed by atoms with Crippen LogP contribution in [0.5, 0.6) is 0 Å². The Morgan fingerprint density at radius 1 is 1.39 bits per heavy atom. The molecular weight excluding hydrogens is 230 g/mol. The SMILES string of the molecule is CON(C)C(=O)Cc1cnn(-c2ccccc2)c1. The summed E-state index contributed by atoms with van der Waals surface area (Å²) in [6.45, 7) is 0. The largest absolute Gasteiger partial charge is 0.275 e. The summed E-state index contributed by atoms with van der Waals surface area (Å²) in [7, 11) is 3.05. The molecular formula is C13H15N3O2. The highest BCUT2D eigenvalue weighted by atomic mass is 16.7. The Morgan fingerprint density at radius 2 is 2.11 bits per heavy atom. The Balaban J connectivity index is 2.10. The second-order valence-corrected chi connectivity index (χ2v) is 3.88. The maximum Gasteiger partial charge on any atom is 0.250 e. The van der Waals surface area contributed by atoms with Crippen LogP contribution >= 0.6 is 0 Å². The van der Waals surface area contributed by atoms with Crippen molar-refractivity contribution in [3.8, 4) is 5.69 Å². The lowest BCUT2D eigenvalue weighted by Gasteiger charge is -2.12. The van der Waals surface area contributed by atoms with Crippen LogP contribution < -0.4 is 0 Å². The van der Waals surface area contributed by atoms with Gasteiger partial charge >= 0.3 is 0 Å². The average molecular weight is 245 g/mol. The second-order valence-electron chi connectivity index (χ2n) is 3.88. The molecule has 0 spiro atoms. The number of hydrogen-bond acceptors (Lipinski definition) is 3. The van der Waals surface area contributed by atoms with Crippen LogP contribution in [0.1, 0.15) is 5.56 Å². The van der Waals surface area contributed by atoms with Crippen molar-refractivity contribution >= 4 is 5.91 Å². The Labute approximate surface area is 106 Å². The predicted molar refractivity (Wildman–Crippen MR) is 67.0 cm³/mol. The quantitative estimate of drug-likeness (QED) is 0.766. The van der Waals surface area contributed by atoms with Crippen LogP contribution in [0, 0.1) is 0 Å². The van der Waals surface area contributed by atoms with E-state index < -0.39 is 0 Å². The van der Waals surface area contributed by atoms with E-state index in [1.807, 2.05) is 36.5 Å². The molecule has 2 aromatic rings. The molecule has 5 nitrogen and oxygen atoms in total. The number of rotatable bonds is 4. The van der Waals surface area contributed by atoms with E-state index in [1.165, 1.54) is 12.2 Å². The molecule has 0 unspecified atom stereocenters. The zero-order chi connectivity index (χ0) is 13.0. The number of likely N-dealkylation sites (N-methyl/N-ethyl adjacent to an activating group) is 1. The Bertz CT molecular complexity index is 522. The normalized spacial score (nSPS) is 10.3. The summed E-state index contributed by atoms with van der Waals surface area (Å²) < 4.78 is 1.75. The number of benzene rings is 1. The summed E-state index contributed by atoms with van der Waals surface area (Å²) in [5.74, 6) is -0.106. The number of para-hydroxylation sites is 1. The maximum atomic E-state index is 11.7. The van der Waals surface area contributed by atoms with Crippen molar-refractivity contribution in [3.63, 3.8) is 0 Å². The smallest absolute Gasteiger partial charge is 0.250 e. The first-order valence-corrected chi connectivity index (χ1v) is 5.60. The van der Waals surface area contributed by atoms with Gasteiger partial charge in [0.05, 0.1) is 25.4 Å². The van der Waals surface area contributed by atoms with E-state index in [9.17, 15) is 4.79 Å². The molecule has 1 amide bonds. The second kappa shape index (κ2) is 5.46. The zero-order valence-electron chi connectivity index (χ0n) is 10.4. The van der Waals surface area contributed by atoms with Gasteiger partial charge in [-0.1, -0.05) is 18.2 Å². The van der Waals surface area contributed by atoms with Crippen LogP contribution in [-0.2, 0) is 16.1 Å². The average Bonchev–Trinajstić information content (AvgIpc) is 2.87. The Hall–Kier alpha value is -2.14. The number of nitrogens with zero attached hydrogens (tertiary/aromatic N) is 3. The molecule has 94 valence electrons. The van der Waals surface area contributed by atoms with Gasteiger partial charge < -0.3 is 0 Å². The third kappa shape index (κ3) is 2.75. The molecule has 5 heteroatoms. The molecule has 0 bridgehead atoms. The number of hydroxylamine groups is 2. The van der Waals surface area contributed by atoms with Gasteiger partial charge in [0.2, 0.25) is 5.91 Å². The highest BCUT2D eigenvalue weighted by molar-refractivity contribution is 5.77. The fourth-order valence-corrected chi connectivity index (χ4v) is 1.56. The molecule has 0 radical (unpaired) electrons. The zero-order valence-corrected chi connectivity index (χ0v) is 10.4. The first-order valence-electron chi connectivity index (χ1n) is 5.60. The van der Waals surface area contributed by atoms with Crippen LogP contribution in [0.4, 0.5) is 0 Å². The molecule has 1 aromatic heterocycles. The van der Waals surface area contributed by atoms with Gasteiger partial charge in [0.25, 0.3) is 0 Å². The van der Waals surface area contributed by atoms with Crippen molar-refractivity contribution in [1.82, 2.24) is 14.8 Å². The molecule has 0 saturated carbocycles. The lowest BCUT2D eigenvalue weighted by atomic mass is 10.2. The standard InChI is InChI=1S/C13H15N3O2/c1-15(18-2)13(17)8-11-9-14-16(10-11)12-6-4-3-5-7-12/h3-7,9-10H,8H2,1-2H3. The minimum absolute atomic E-state index is 0.106. The third-order valence-corrected chi connectivity index (χ3v) is 2.64. The number of amides is 1. The summed E-state index contributed by atoms with van der Waals surface area (Å²) in [6.07, 6.45) is 3.81. The minimum atomic E-state index is -0.106. The molecule has 1 heterocycles. The first-order chi connectivity index (χ1) is 8.70. The predicted octanol–water partition coefficient (Wildman–Crippen LogP) is 1.43. The fourth-order valence-electron chi connectivity index (χ4n) is 1.56. The van der Waals surface area contributed by atoms with E-state index in [4.69, 9.17) is 4.84 Å². The van der Waals surface area contributed by atoms with Crippen LogP contribution in [0.25, 0.3) is 5.69 Å². The summed E-state index contributed by atoms with van der Waals surface area (Å²) in [5, 5.41) is 5.44. The van der Waals surface area contributed by atoms with E-state index in [-0.39, 0.29) is 12.3 Å². The monoisotopic (exact) mass is 245 g/mol. The molecule has 18 heavy (non-hydrogen) atoms. The molecule has 0 fully saturated rings. The number of carbonyl (C=O) groups excluding carboxylic acids is 1. The lowest BCUT2D eigenvalue weighted by molar-refractivity contribution is -0.167. The van der Waals surface area contributed by atoms with Gasteiger partial charge in [-0.05, 0) is 17.7 Å². The molecule has 0 atom stereocenters. The fraction of sp³-hybridized carbons (Fsp3) is 0.231. The van der Waals surface area contributed by atoms with E-state index in [2.05, 4.69) is 5.10 Å². The molecule has 0 aliphatic rings. The lowest BCUT2D eigenvalue weighted by Crippen LogP contribution is -2.26. The number of hydrogen-bond donors (Lipinski definition) is 0. The van der Waals surface area contributed by atoms with Crippen LogP contribution in [-0.4, -0.2) is 34.9 Å². The topological polar surface area (TPSA) is 47.4 Å². The van der Waals surface area contributed by atoms with Crippen LogP contribution in [0.3, 0.4) is 0 Å². The molecule has 0 N–H and O–H groups in total. The van der Waals surface area contributed by atoms with Crippen molar-refractivity contribution in [2.45, 2.75) is 6.42 Å². The highest BCUT2D eigenvalue weighted by Crippen LogP contribution is 2.08. The highest BCUT2D eigenvalue weighted by Gasteiger charge is 2.10. The maximum absolute atomic E-state index is 11.7. The van der Waals surface area contributed by atoms with Crippen LogP contribution in [0.15, 0.2) is 42.7 Å². The number of aromatic nitrogens is 2. The van der Waals surface area contributed by atoms with Gasteiger partial charge in [0, 0.05) is 13.2 Å². The number of carbonyl (C=O) groups is 1. The van der Waals surface area contributed by atoms with Crippen molar-refractivity contribution in [3.05, 3.63) is 48.3 Å². The van der Waals surface area contributed by atoms with Crippen molar-refractivity contribution in [1.29, 1.82) is 0 Å². The summed E-state index contributed by atoms with van der Waals surface area (Å²) >= 11 is 0. The van der Waals surface area contributed by atoms with E-state index in [0.717, 1.165) is 11.3 Å². The molecule has 2 rings (SSSR count). The molecule has 1 aromatic carbocycles. The summed E-state index contributed by atoms with van der Waals surface area (Å²) in [5.41, 5.74) is 1.82. The Morgan fingerprint density at radius 3 is 2.78 bits per heavy atom. The minimum Gasteiger partial charge on any atom is -0.275 e. The van der Waals surface area contributed by atoms with Crippen molar-refractivity contribution in [2.75, 3.05) is 14.2 Å². The molecule has 0 aliphatic heterocycles. The van der Waals surface area contributed by atoms with Gasteiger partial charge in [-0.3, -0.25) is 9.63 Å². The summed E-state index contributed by atoms with van der Waals surface area (Å²) in [4.78, 5) is 16.5. The third-order valence-electron chi connectivity index (χ3n) is 2.64. The van der Waals surface area contributed by atoms with Gasteiger partial charge in [-0.2, -0.15) is 5.10 Å². The van der Waals surface area contributed by atoms with Gasteiger partial charge in [0.1, 0.15) is 0 Å². The van der Waals surface area contributed by atoms with E-state index in [0.29, 0.717) is 0 Å². The van der Waals surface area contributed by atoms with Crippen LogP contribution in [0.2, 0.25) is 0 Å². The van der Waals surface area contributed by atoms with E-state index >= 15 is 0 Å². The van der Waals surface area contributed by atoms with Gasteiger partial charge in [-0.15, -0.1) is 0 Å². The van der Waals surface area contributed by atoms with E-state index in [1.54, 1.807) is 17.9 Å². The van der Waals surface area contributed by atoms with Crippen molar-refractivity contribution in [2.24, 2.45) is 0 Å². The molecule has 0 aliphatic carbocycles. The van der Waals surface area contributed by atoms with Crippen molar-refractivity contribution < 1.29 is 9.63 Å². The molecule has 0 saturated heterocycles. The van der Waals surface area contributed by atoms with Gasteiger partial charge in [-0.25, -0.2) is 9.75 Å². The van der Waals surface area contributed by atoms with Gasteiger partial charge in [0.15, 0.2) is 0 Å². The first kappa shape index (κ1) is 12.3.